The number of rotatable bonds is 4. The Morgan fingerprint density at radius 2 is 2.20 bits per heavy atom. The highest BCUT2D eigenvalue weighted by atomic mass is 16.3. The SMILES string of the molecule is CN(Cc1ccnc(N)c1)C(C)(C)CO. The Balaban J connectivity index is 2.70. The number of pyridine rings is 1. The minimum absolute atomic E-state index is 0.129. The van der Waals surface area contributed by atoms with Gasteiger partial charge in [-0.1, -0.05) is 0 Å². The lowest BCUT2D eigenvalue weighted by molar-refractivity contribution is 0.0734. The van der Waals surface area contributed by atoms with Gasteiger partial charge in [0.2, 0.25) is 0 Å². The molecule has 0 saturated heterocycles. The largest absolute Gasteiger partial charge is 0.394 e. The average Bonchev–Trinajstić information content (AvgIpc) is 2.17. The third kappa shape index (κ3) is 3.18. The fourth-order valence-corrected chi connectivity index (χ4v) is 1.20. The van der Waals surface area contributed by atoms with E-state index in [1.165, 1.54) is 0 Å². The molecule has 3 N–H and O–H groups in total. The first-order chi connectivity index (χ1) is 6.95. The van der Waals surface area contributed by atoms with Crippen LogP contribution in [0.3, 0.4) is 0 Å². The van der Waals surface area contributed by atoms with Crippen LogP contribution in [-0.4, -0.2) is 34.2 Å². The lowest BCUT2D eigenvalue weighted by atomic mass is 10.0. The number of nitrogens with two attached hydrogens (primary N) is 1. The lowest BCUT2D eigenvalue weighted by Crippen LogP contribution is -2.43. The van der Waals surface area contributed by atoms with Crippen LogP contribution in [0.5, 0.6) is 0 Å². The molecule has 15 heavy (non-hydrogen) atoms. The molecule has 0 atom stereocenters. The molecule has 0 radical (unpaired) electrons. The number of hydrogen-bond acceptors (Lipinski definition) is 4. The molecule has 1 rings (SSSR count). The summed E-state index contributed by atoms with van der Waals surface area (Å²) in [6.45, 7) is 4.87. The predicted octanol–water partition coefficient (Wildman–Crippen LogP) is 0.867. The second kappa shape index (κ2) is 4.59. The van der Waals surface area contributed by atoms with Gasteiger partial charge in [0, 0.05) is 18.3 Å². The minimum atomic E-state index is -0.224. The lowest BCUT2D eigenvalue weighted by Gasteiger charge is -2.33. The molecule has 0 aliphatic rings. The summed E-state index contributed by atoms with van der Waals surface area (Å²) in [6, 6.07) is 3.78. The van der Waals surface area contributed by atoms with Gasteiger partial charge in [-0.25, -0.2) is 4.98 Å². The summed E-state index contributed by atoms with van der Waals surface area (Å²) in [4.78, 5) is 6.02. The average molecular weight is 209 g/mol. The topological polar surface area (TPSA) is 62.4 Å². The number of nitrogen functional groups attached to an aromatic ring is 1. The van der Waals surface area contributed by atoms with Crippen LogP contribution in [0, 0.1) is 0 Å². The molecule has 0 amide bonds. The zero-order chi connectivity index (χ0) is 11.5. The molecule has 0 saturated carbocycles. The van der Waals surface area contributed by atoms with E-state index in [9.17, 15) is 5.11 Å². The molecule has 4 nitrogen and oxygen atoms in total. The van der Waals surface area contributed by atoms with Gasteiger partial charge in [0.1, 0.15) is 5.82 Å². The van der Waals surface area contributed by atoms with Crippen LogP contribution in [0.4, 0.5) is 5.82 Å². The fourth-order valence-electron chi connectivity index (χ4n) is 1.20. The molecule has 1 aromatic rings. The predicted molar refractivity (Wildman–Crippen MR) is 61.3 cm³/mol. The van der Waals surface area contributed by atoms with Crippen LogP contribution in [0.2, 0.25) is 0 Å². The minimum Gasteiger partial charge on any atom is -0.394 e. The van der Waals surface area contributed by atoms with E-state index in [0.717, 1.165) is 12.1 Å². The van der Waals surface area contributed by atoms with Crippen molar-refractivity contribution < 1.29 is 5.11 Å². The quantitative estimate of drug-likeness (QED) is 0.772. The van der Waals surface area contributed by atoms with E-state index in [-0.39, 0.29) is 12.1 Å². The van der Waals surface area contributed by atoms with Crippen molar-refractivity contribution in [2.45, 2.75) is 25.9 Å². The maximum atomic E-state index is 9.22. The summed E-state index contributed by atoms with van der Waals surface area (Å²) in [5, 5.41) is 9.22. The highest BCUT2D eigenvalue weighted by molar-refractivity contribution is 5.31. The smallest absolute Gasteiger partial charge is 0.123 e. The van der Waals surface area contributed by atoms with Gasteiger partial charge >= 0.3 is 0 Å². The maximum absolute atomic E-state index is 9.22. The number of likely N-dealkylation sites (N-methyl/N-ethyl adjacent to an activating group) is 1. The molecule has 0 fully saturated rings. The Morgan fingerprint density at radius 1 is 1.53 bits per heavy atom. The summed E-state index contributed by atoms with van der Waals surface area (Å²) >= 11 is 0. The van der Waals surface area contributed by atoms with Crippen LogP contribution in [0.1, 0.15) is 19.4 Å². The summed E-state index contributed by atoms with van der Waals surface area (Å²) in [5.41, 5.74) is 6.48. The van der Waals surface area contributed by atoms with Crippen molar-refractivity contribution in [3.63, 3.8) is 0 Å². The van der Waals surface area contributed by atoms with Crippen LogP contribution >= 0.6 is 0 Å². The molecule has 0 aromatic carbocycles. The number of aliphatic hydroxyl groups excluding tert-OH is 1. The molecule has 0 aliphatic heterocycles. The van der Waals surface area contributed by atoms with Crippen molar-refractivity contribution in [2.75, 3.05) is 19.4 Å². The van der Waals surface area contributed by atoms with E-state index in [2.05, 4.69) is 9.88 Å². The van der Waals surface area contributed by atoms with Gasteiger partial charge in [-0.3, -0.25) is 4.90 Å². The summed E-state index contributed by atoms with van der Waals surface area (Å²) in [6.07, 6.45) is 1.70. The molecule has 0 bridgehead atoms. The zero-order valence-electron chi connectivity index (χ0n) is 9.57. The molecular formula is C11H19N3O. The molecular weight excluding hydrogens is 190 g/mol. The van der Waals surface area contributed by atoms with E-state index in [1.54, 1.807) is 6.20 Å². The van der Waals surface area contributed by atoms with Crippen molar-refractivity contribution in [1.82, 2.24) is 9.88 Å². The van der Waals surface area contributed by atoms with E-state index in [1.807, 2.05) is 33.0 Å². The molecule has 0 spiro atoms. The van der Waals surface area contributed by atoms with Gasteiger partial charge in [-0.05, 0) is 38.6 Å². The highest BCUT2D eigenvalue weighted by Crippen LogP contribution is 2.15. The van der Waals surface area contributed by atoms with Gasteiger partial charge < -0.3 is 10.8 Å². The van der Waals surface area contributed by atoms with E-state index < -0.39 is 0 Å². The third-order valence-electron chi connectivity index (χ3n) is 2.69. The van der Waals surface area contributed by atoms with Crippen LogP contribution in [-0.2, 0) is 6.54 Å². The van der Waals surface area contributed by atoms with E-state index in [0.29, 0.717) is 5.82 Å². The molecule has 0 aliphatic carbocycles. The summed E-state index contributed by atoms with van der Waals surface area (Å²) in [5.74, 6) is 0.530. The van der Waals surface area contributed by atoms with Crippen molar-refractivity contribution in [3.05, 3.63) is 23.9 Å². The standard InChI is InChI=1S/C11H19N3O/c1-11(2,8-15)14(3)7-9-4-5-13-10(12)6-9/h4-6,15H,7-8H2,1-3H3,(H2,12,13). The van der Waals surface area contributed by atoms with Crippen molar-refractivity contribution in [2.24, 2.45) is 0 Å². The maximum Gasteiger partial charge on any atom is 0.123 e. The molecule has 1 heterocycles. The first kappa shape index (κ1) is 11.9. The Kier molecular flexibility index (Phi) is 3.66. The number of hydrogen-bond donors (Lipinski definition) is 2. The van der Waals surface area contributed by atoms with Gasteiger partial charge in [0.15, 0.2) is 0 Å². The third-order valence-corrected chi connectivity index (χ3v) is 2.69. The van der Waals surface area contributed by atoms with Gasteiger partial charge in [-0.15, -0.1) is 0 Å². The number of anilines is 1. The highest BCUT2D eigenvalue weighted by Gasteiger charge is 2.22. The first-order valence-corrected chi connectivity index (χ1v) is 4.98. The van der Waals surface area contributed by atoms with Crippen molar-refractivity contribution in [1.29, 1.82) is 0 Å². The number of nitrogens with zero attached hydrogens (tertiary/aromatic N) is 2. The van der Waals surface area contributed by atoms with E-state index in [4.69, 9.17) is 5.73 Å². The molecule has 0 unspecified atom stereocenters. The molecule has 1 aromatic heterocycles. The first-order valence-electron chi connectivity index (χ1n) is 4.98. The van der Waals surface area contributed by atoms with Gasteiger partial charge in [-0.2, -0.15) is 0 Å². The second-order valence-corrected chi connectivity index (χ2v) is 4.42. The van der Waals surface area contributed by atoms with Crippen LogP contribution < -0.4 is 5.73 Å². The fraction of sp³-hybridized carbons (Fsp3) is 0.545. The zero-order valence-corrected chi connectivity index (χ0v) is 9.57. The van der Waals surface area contributed by atoms with Gasteiger partial charge in [0.25, 0.3) is 0 Å². The number of aromatic nitrogens is 1. The normalized spacial score (nSPS) is 12.1. The monoisotopic (exact) mass is 209 g/mol. The Morgan fingerprint density at radius 3 is 2.73 bits per heavy atom. The Labute approximate surface area is 90.7 Å². The molecule has 84 valence electrons. The Bertz CT molecular complexity index is 325. The van der Waals surface area contributed by atoms with Crippen molar-refractivity contribution >= 4 is 5.82 Å². The Hall–Kier alpha value is -1.13. The number of aliphatic hydroxyl groups is 1. The summed E-state index contributed by atoms with van der Waals surface area (Å²) < 4.78 is 0. The molecule has 4 heteroatoms. The van der Waals surface area contributed by atoms with Crippen LogP contribution in [0.15, 0.2) is 18.3 Å². The summed E-state index contributed by atoms with van der Waals surface area (Å²) in [7, 11) is 1.98. The van der Waals surface area contributed by atoms with Gasteiger partial charge in [0.05, 0.1) is 6.61 Å². The van der Waals surface area contributed by atoms with E-state index >= 15 is 0 Å². The van der Waals surface area contributed by atoms with Crippen molar-refractivity contribution in [3.8, 4) is 0 Å². The van der Waals surface area contributed by atoms with Crippen LogP contribution in [0.25, 0.3) is 0 Å². The second-order valence-electron chi connectivity index (χ2n) is 4.42.